The predicted octanol–water partition coefficient (Wildman–Crippen LogP) is 6.06. The highest BCUT2D eigenvalue weighted by Gasteiger charge is 2.10. The molecule has 4 rings (SSSR count). The Labute approximate surface area is 166 Å². The zero-order chi connectivity index (χ0) is 18.6. The van der Waals surface area contributed by atoms with Crippen molar-refractivity contribution in [3.8, 4) is 5.75 Å². The van der Waals surface area contributed by atoms with Gasteiger partial charge in [-0.05, 0) is 47.0 Å². The third-order valence-electron chi connectivity index (χ3n) is 4.17. The minimum Gasteiger partial charge on any atom is -0.484 e. The number of hydrogen-bond donors (Lipinski definition) is 0. The van der Waals surface area contributed by atoms with Crippen LogP contribution in [0.2, 0.25) is 5.02 Å². The third kappa shape index (κ3) is 4.26. The summed E-state index contributed by atoms with van der Waals surface area (Å²) in [6, 6.07) is 20.1. The molecule has 4 aromatic rings. The van der Waals surface area contributed by atoms with E-state index in [0.717, 1.165) is 17.1 Å². The lowest BCUT2D eigenvalue weighted by atomic mass is 10.1. The summed E-state index contributed by atoms with van der Waals surface area (Å²) in [5.41, 5.74) is 2.21. The largest absolute Gasteiger partial charge is 0.484 e. The van der Waals surface area contributed by atoms with E-state index in [1.807, 2.05) is 25.1 Å². The van der Waals surface area contributed by atoms with Gasteiger partial charge < -0.3 is 9.15 Å². The molecule has 0 aliphatic carbocycles. The fraction of sp³-hybridized carbons (Fsp3) is 0.143. The molecule has 0 N–H and O–H groups in total. The van der Waals surface area contributed by atoms with Crippen LogP contribution in [-0.2, 0) is 12.4 Å². The molecule has 0 saturated heterocycles. The summed E-state index contributed by atoms with van der Waals surface area (Å²) in [7, 11) is 0. The van der Waals surface area contributed by atoms with Crippen LogP contribution in [0.25, 0.3) is 10.8 Å². The van der Waals surface area contributed by atoms with E-state index in [2.05, 4.69) is 46.6 Å². The number of nitrogens with zero attached hydrogens (tertiary/aromatic N) is 2. The van der Waals surface area contributed by atoms with Gasteiger partial charge in [-0.2, -0.15) is 0 Å². The molecule has 0 saturated carbocycles. The standard InChI is InChI=1S/C21H17ClN2O2S/c1-14-11-17(22)9-10-19(14)25-12-20-23-24-21(26-20)27-13-16-7-4-6-15-5-2-3-8-18(15)16/h2-11H,12-13H2,1H3. The molecule has 0 aliphatic rings. The second-order valence-corrected chi connectivity index (χ2v) is 7.45. The minimum absolute atomic E-state index is 0.226. The second-order valence-electron chi connectivity index (χ2n) is 6.09. The van der Waals surface area contributed by atoms with Crippen LogP contribution in [0.5, 0.6) is 5.75 Å². The van der Waals surface area contributed by atoms with Gasteiger partial charge in [-0.25, -0.2) is 0 Å². The first-order chi connectivity index (χ1) is 13.2. The molecule has 1 heterocycles. The van der Waals surface area contributed by atoms with Gasteiger partial charge in [-0.3, -0.25) is 0 Å². The van der Waals surface area contributed by atoms with Crippen LogP contribution < -0.4 is 4.74 Å². The summed E-state index contributed by atoms with van der Waals surface area (Å²) in [6.45, 7) is 2.17. The maximum atomic E-state index is 5.96. The molecular weight excluding hydrogens is 380 g/mol. The van der Waals surface area contributed by atoms with Crippen LogP contribution in [-0.4, -0.2) is 10.2 Å². The summed E-state index contributed by atoms with van der Waals surface area (Å²) in [4.78, 5) is 0. The maximum absolute atomic E-state index is 5.96. The molecule has 4 nitrogen and oxygen atoms in total. The van der Waals surface area contributed by atoms with Gasteiger partial charge in [0.25, 0.3) is 11.1 Å². The maximum Gasteiger partial charge on any atom is 0.277 e. The summed E-state index contributed by atoms with van der Waals surface area (Å²) in [5.74, 6) is 1.97. The Hall–Kier alpha value is -2.50. The van der Waals surface area contributed by atoms with E-state index < -0.39 is 0 Å². The number of thioether (sulfide) groups is 1. The molecule has 0 aliphatic heterocycles. The minimum atomic E-state index is 0.226. The molecule has 3 aromatic carbocycles. The molecule has 0 spiro atoms. The monoisotopic (exact) mass is 396 g/mol. The average molecular weight is 397 g/mol. The topological polar surface area (TPSA) is 48.2 Å². The number of rotatable bonds is 6. The third-order valence-corrected chi connectivity index (χ3v) is 5.27. The molecule has 0 radical (unpaired) electrons. The van der Waals surface area contributed by atoms with E-state index in [0.29, 0.717) is 16.1 Å². The average Bonchev–Trinajstić information content (AvgIpc) is 3.13. The Bertz CT molecular complexity index is 1080. The van der Waals surface area contributed by atoms with Crippen molar-refractivity contribution in [3.63, 3.8) is 0 Å². The molecule has 0 fully saturated rings. The highest BCUT2D eigenvalue weighted by atomic mass is 35.5. The first-order valence-corrected chi connectivity index (χ1v) is 9.86. The van der Waals surface area contributed by atoms with Crippen molar-refractivity contribution in [3.05, 3.63) is 82.7 Å². The summed E-state index contributed by atoms with van der Waals surface area (Å²) in [6.07, 6.45) is 0. The quantitative estimate of drug-likeness (QED) is 0.371. The van der Waals surface area contributed by atoms with Crippen molar-refractivity contribution in [1.82, 2.24) is 10.2 Å². The number of fused-ring (bicyclic) bond motifs is 1. The van der Waals surface area contributed by atoms with Gasteiger partial charge in [0, 0.05) is 10.8 Å². The van der Waals surface area contributed by atoms with Gasteiger partial charge >= 0.3 is 0 Å². The zero-order valence-corrected chi connectivity index (χ0v) is 16.3. The lowest BCUT2D eigenvalue weighted by molar-refractivity contribution is 0.251. The number of ether oxygens (including phenoxy) is 1. The van der Waals surface area contributed by atoms with Crippen molar-refractivity contribution < 1.29 is 9.15 Å². The van der Waals surface area contributed by atoms with Crippen LogP contribution in [0.4, 0.5) is 0 Å². The van der Waals surface area contributed by atoms with Gasteiger partial charge in [0.15, 0.2) is 6.61 Å². The molecule has 6 heteroatoms. The summed E-state index contributed by atoms with van der Waals surface area (Å²) in [5, 5.41) is 11.9. The molecule has 0 unspecified atom stereocenters. The van der Waals surface area contributed by atoms with E-state index in [9.17, 15) is 0 Å². The second kappa shape index (κ2) is 8.03. The van der Waals surface area contributed by atoms with Gasteiger partial charge in [0.1, 0.15) is 5.75 Å². The number of aryl methyl sites for hydroxylation is 1. The van der Waals surface area contributed by atoms with Crippen LogP contribution in [0.15, 0.2) is 70.3 Å². The van der Waals surface area contributed by atoms with Crippen LogP contribution in [0, 0.1) is 6.92 Å². The van der Waals surface area contributed by atoms with Crippen LogP contribution >= 0.6 is 23.4 Å². The number of benzene rings is 3. The summed E-state index contributed by atoms with van der Waals surface area (Å²) < 4.78 is 11.4. The first kappa shape index (κ1) is 17.9. The normalized spacial score (nSPS) is 11.0. The fourth-order valence-corrected chi connectivity index (χ4v) is 3.84. The number of aromatic nitrogens is 2. The molecule has 1 aromatic heterocycles. The van der Waals surface area contributed by atoms with E-state index >= 15 is 0 Å². The molecule has 27 heavy (non-hydrogen) atoms. The van der Waals surface area contributed by atoms with E-state index in [1.54, 1.807) is 6.07 Å². The smallest absolute Gasteiger partial charge is 0.277 e. The van der Waals surface area contributed by atoms with Crippen LogP contribution in [0.3, 0.4) is 0 Å². The molecule has 136 valence electrons. The summed E-state index contributed by atoms with van der Waals surface area (Å²) >= 11 is 7.48. The Kier molecular flexibility index (Phi) is 5.32. The Balaban J connectivity index is 1.39. The zero-order valence-electron chi connectivity index (χ0n) is 14.7. The Morgan fingerprint density at radius 2 is 1.89 bits per heavy atom. The van der Waals surface area contributed by atoms with Crippen LogP contribution in [0.1, 0.15) is 17.0 Å². The van der Waals surface area contributed by atoms with Crippen molar-refractivity contribution in [2.24, 2.45) is 0 Å². The van der Waals surface area contributed by atoms with E-state index in [-0.39, 0.29) is 6.61 Å². The van der Waals surface area contributed by atoms with E-state index in [4.69, 9.17) is 20.8 Å². The van der Waals surface area contributed by atoms with Gasteiger partial charge in [-0.15, -0.1) is 10.2 Å². The highest BCUT2D eigenvalue weighted by Crippen LogP contribution is 2.27. The first-order valence-electron chi connectivity index (χ1n) is 8.50. The lowest BCUT2D eigenvalue weighted by Crippen LogP contribution is -1.97. The highest BCUT2D eigenvalue weighted by molar-refractivity contribution is 7.98. The van der Waals surface area contributed by atoms with Gasteiger partial charge in [0.05, 0.1) is 0 Å². The molecular formula is C21H17ClN2O2S. The van der Waals surface area contributed by atoms with Gasteiger partial charge in [-0.1, -0.05) is 65.8 Å². The Morgan fingerprint density at radius 1 is 1.04 bits per heavy atom. The SMILES string of the molecule is Cc1cc(Cl)ccc1OCc1nnc(SCc2cccc3ccccc23)o1. The van der Waals surface area contributed by atoms with Crippen molar-refractivity contribution in [2.75, 3.05) is 0 Å². The van der Waals surface area contributed by atoms with E-state index in [1.165, 1.54) is 28.1 Å². The van der Waals surface area contributed by atoms with Crippen molar-refractivity contribution >= 4 is 34.1 Å². The molecule has 0 amide bonds. The molecule has 0 atom stereocenters. The van der Waals surface area contributed by atoms with Crippen molar-refractivity contribution in [2.45, 2.75) is 24.5 Å². The van der Waals surface area contributed by atoms with Crippen molar-refractivity contribution in [1.29, 1.82) is 0 Å². The van der Waals surface area contributed by atoms with Gasteiger partial charge in [0.2, 0.25) is 0 Å². The molecule has 0 bridgehead atoms. The predicted molar refractivity (Wildman–Crippen MR) is 108 cm³/mol. The number of hydrogen-bond acceptors (Lipinski definition) is 5. The lowest BCUT2D eigenvalue weighted by Gasteiger charge is -2.06. The number of halogens is 1. The Morgan fingerprint density at radius 3 is 2.78 bits per heavy atom. The fourth-order valence-electron chi connectivity index (χ4n) is 2.83.